The van der Waals surface area contributed by atoms with Crippen molar-refractivity contribution in [2.24, 2.45) is 0 Å². The molecule has 2 aromatic carbocycles. The predicted octanol–water partition coefficient (Wildman–Crippen LogP) is 2.30. The maximum absolute atomic E-state index is 14.6. The van der Waals surface area contributed by atoms with E-state index in [4.69, 9.17) is 18.2 Å². The monoisotopic (exact) mass is 545 g/mol. The lowest BCUT2D eigenvalue weighted by molar-refractivity contribution is -0.136. The van der Waals surface area contributed by atoms with Crippen molar-refractivity contribution in [2.45, 2.75) is 30.3 Å². The molecule has 3 aliphatic heterocycles. The number of nitrogens with zero attached hydrogens (tertiary/aromatic N) is 4. The summed E-state index contributed by atoms with van der Waals surface area (Å²) in [5, 5.41) is 2.21. The molecule has 0 aromatic heterocycles. The van der Waals surface area contributed by atoms with Crippen LogP contribution in [0, 0.1) is 12.4 Å². The van der Waals surface area contributed by atoms with E-state index in [2.05, 4.69) is 10.2 Å². The molecule has 0 saturated carbocycles. The summed E-state index contributed by atoms with van der Waals surface area (Å²) in [6, 6.07) is 5.63. The first kappa shape index (κ1) is 25.1. The number of amides is 3. The fourth-order valence-corrected chi connectivity index (χ4v) is 6.90. The van der Waals surface area contributed by atoms with Crippen LogP contribution in [0.25, 0.3) is 4.85 Å². The lowest BCUT2D eigenvalue weighted by Crippen LogP contribution is -2.52. The molecule has 10 nitrogen and oxygen atoms in total. The summed E-state index contributed by atoms with van der Waals surface area (Å²) in [4.78, 5) is 43.3. The third-order valence-electron chi connectivity index (χ3n) is 6.84. The molecule has 0 spiro atoms. The van der Waals surface area contributed by atoms with E-state index in [9.17, 15) is 27.2 Å². The Morgan fingerprint density at radius 2 is 1.81 bits per heavy atom. The molecule has 192 valence electrons. The first-order chi connectivity index (χ1) is 17.6. The summed E-state index contributed by atoms with van der Waals surface area (Å²) in [6.45, 7) is 7.80. The predicted molar refractivity (Wildman–Crippen MR) is 131 cm³/mol. The second kappa shape index (κ2) is 9.41. The maximum Gasteiger partial charge on any atom is 0.255 e. The number of halogens is 2. The summed E-state index contributed by atoms with van der Waals surface area (Å²) < 4.78 is 42.2. The molecule has 1 atom stereocenters. The molecule has 0 radical (unpaired) electrons. The smallest absolute Gasteiger partial charge is 0.255 e. The number of imide groups is 1. The topological polar surface area (TPSA) is 111 Å². The first-order valence-electron chi connectivity index (χ1n) is 11.5. The van der Waals surface area contributed by atoms with Crippen LogP contribution in [0.4, 0.5) is 15.8 Å². The number of rotatable bonds is 4. The van der Waals surface area contributed by atoms with Crippen LogP contribution in [-0.2, 0) is 26.2 Å². The van der Waals surface area contributed by atoms with Crippen molar-refractivity contribution in [1.29, 1.82) is 0 Å². The highest BCUT2D eigenvalue weighted by Gasteiger charge is 2.41. The Morgan fingerprint density at radius 3 is 2.46 bits per heavy atom. The number of anilines is 1. The molecule has 0 aliphatic carbocycles. The molecular formula is C24H21ClFN5O5S. The summed E-state index contributed by atoms with van der Waals surface area (Å²) in [5.74, 6) is -2.05. The van der Waals surface area contributed by atoms with Crippen LogP contribution in [0.2, 0.25) is 5.02 Å². The minimum absolute atomic E-state index is 0.0362. The van der Waals surface area contributed by atoms with Crippen molar-refractivity contribution in [1.82, 2.24) is 14.5 Å². The van der Waals surface area contributed by atoms with E-state index in [1.165, 1.54) is 33.5 Å². The van der Waals surface area contributed by atoms with Crippen LogP contribution in [0.3, 0.4) is 0 Å². The number of piperidine rings is 1. The summed E-state index contributed by atoms with van der Waals surface area (Å²) in [5.41, 5.74) is 1.41. The molecule has 1 unspecified atom stereocenters. The minimum atomic E-state index is -3.92. The van der Waals surface area contributed by atoms with E-state index in [1.54, 1.807) is 0 Å². The molecule has 2 aromatic rings. The molecule has 0 bridgehead atoms. The zero-order valence-electron chi connectivity index (χ0n) is 19.4. The zero-order chi connectivity index (χ0) is 26.5. The van der Waals surface area contributed by atoms with E-state index >= 15 is 0 Å². The highest BCUT2D eigenvalue weighted by molar-refractivity contribution is 7.89. The molecule has 13 heteroatoms. The number of carbonyl (C=O) groups excluding carboxylic acids is 3. The van der Waals surface area contributed by atoms with Crippen molar-refractivity contribution < 1.29 is 27.2 Å². The van der Waals surface area contributed by atoms with Gasteiger partial charge in [-0.1, -0.05) is 23.7 Å². The van der Waals surface area contributed by atoms with Gasteiger partial charge in [-0.15, -0.1) is 0 Å². The Kier molecular flexibility index (Phi) is 6.39. The van der Waals surface area contributed by atoms with Gasteiger partial charge in [0.05, 0.1) is 16.5 Å². The summed E-state index contributed by atoms with van der Waals surface area (Å²) in [6.07, 6.45) is 0.303. The van der Waals surface area contributed by atoms with Crippen LogP contribution in [0.5, 0.6) is 0 Å². The lowest BCUT2D eigenvalue weighted by atomic mass is 10.0. The average Bonchev–Trinajstić information content (AvgIpc) is 3.19. The number of nitrogens with one attached hydrogen (secondary N) is 1. The van der Waals surface area contributed by atoms with Gasteiger partial charge in [-0.25, -0.2) is 17.7 Å². The molecule has 1 N–H and O–H groups in total. The Hall–Kier alpha value is -3.53. The highest BCUT2D eigenvalue weighted by atomic mass is 35.5. The molecule has 3 amide bonds. The molecular weight excluding hydrogens is 525 g/mol. The minimum Gasteiger partial charge on any atom is -0.369 e. The fourth-order valence-electron chi connectivity index (χ4n) is 4.97. The molecule has 3 aliphatic rings. The third-order valence-corrected chi connectivity index (χ3v) is 9.22. The van der Waals surface area contributed by atoms with Gasteiger partial charge in [0.1, 0.15) is 11.9 Å². The molecule has 3 heterocycles. The number of piperazine rings is 1. The van der Waals surface area contributed by atoms with Crippen molar-refractivity contribution >= 4 is 50.7 Å². The molecule has 37 heavy (non-hydrogen) atoms. The normalized spacial score (nSPS) is 20.6. The SMILES string of the molecule is [C-]#[N+]c1ccc(S(=O)(=O)N2CCN(c3cc(F)cc4c3CN(C3CCC(=O)NC3=O)C4=O)CC2)c(Cl)c1. The Bertz CT molecular complexity index is 1480. The largest absolute Gasteiger partial charge is 0.369 e. The zero-order valence-corrected chi connectivity index (χ0v) is 21.0. The second-order valence-corrected chi connectivity index (χ2v) is 11.3. The standard InChI is InChI=1S/C24H21ClFN5O5S/c1-27-15-2-4-21(18(25)12-15)37(35,36)30-8-6-29(7-9-30)20-11-14(26)10-16-17(20)13-31(24(16)34)19-3-5-22(32)28-23(19)33/h2,4,10-12,19H,3,5-9,13H2,(H,28,32,33). The summed E-state index contributed by atoms with van der Waals surface area (Å²) in [7, 11) is -3.92. The van der Waals surface area contributed by atoms with E-state index in [1.807, 2.05) is 4.90 Å². The number of carbonyl (C=O) groups is 3. The van der Waals surface area contributed by atoms with Crippen LogP contribution in [0.1, 0.15) is 28.8 Å². The second-order valence-electron chi connectivity index (χ2n) is 8.97. The number of fused-ring (bicyclic) bond motifs is 1. The Labute approximate surface area is 217 Å². The van der Waals surface area contributed by atoms with E-state index in [-0.39, 0.29) is 66.7 Å². The number of sulfonamides is 1. The van der Waals surface area contributed by atoms with Gasteiger partial charge in [-0.3, -0.25) is 19.7 Å². The van der Waals surface area contributed by atoms with Crippen molar-refractivity contribution in [3.8, 4) is 0 Å². The van der Waals surface area contributed by atoms with Crippen LogP contribution < -0.4 is 10.2 Å². The van der Waals surface area contributed by atoms with Crippen LogP contribution in [-0.4, -0.2) is 67.6 Å². The van der Waals surface area contributed by atoms with Gasteiger partial charge in [0.25, 0.3) is 5.91 Å². The lowest BCUT2D eigenvalue weighted by Gasteiger charge is -2.36. The van der Waals surface area contributed by atoms with Crippen molar-refractivity contribution in [3.05, 3.63) is 63.7 Å². The van der Waals surface area contributed by atoms with E-state index in [0.717, 1.165) is 6.07 Å². The molecule has 5 rings (SSSR count). The van der Waals surface area contributed by atoms with E-state index < -0.39 is 39.6 Å². The van der Waals surface area contributed by atoms with Crippen LogP contribution >= 0.6 is 11.6 Å². The van der Waals surface area contributed by atoms with Gasteiger partial charge < -0.3 is 9.80 Å². The van der Waals surface area contributed by atoms with Crippen molar-refractivity contribution in [3.63, 3.8) is 0 Å². The number of benzene rings is 2. The van der Waals surface area contributed by atoms with Crippen LogP contribution in [0.15, 0.2) is 35.2 Å². The van der Waals surface area contributed by atoms with Gasteiger partial charge in [-0.2, -0.15) is 4.31 Å². The molecule has 2 fully saturated rings. The first-order valence-corrected chi connectivity index (χ1v) is 13.3. The Morgan fingerprint density at radius 1 is 1.08 bits per heavy atom. The number of hydrogen-bond donors (Lipinski definition) is 1. The Balaban J connectivity index is 1.36. The summed E-state index contributed by atoms with van der Waals surface area (Å²) >= 11 is 6.14. The van der Waals surface area contributed by atoms with Gasteiger partial charge in [-0.05, 0) is 24.6 Å². The van der Waals surface area contributed by atoms with Gasteiger partial charge >= 0.3 is 0 Å². The third kappa shape index (κ3) is 4.43. The fraction of sp³-hybridized carbons (Fsp3) is 0.333. The maximum atomic E-state index is 14.6. The number of hydrogen-bond acceptors (Lipinski definition) is 6. The highest BCUT2D eigenvalue weighted by Crippen LogP contribution is 2.36. The van der Waals surface area contributed by atoms with E-state index in [0.29, 0.717) is 11.3 Å². The van der Waals surface area contributed by atoms with Crippen molar-refractivity contribution in [2.75, 3.05) is 31.1 Å². The quantitative estimate of drug-likeness (QED) is 0.466. The van der Waals surface area contributed by atoms with Gasteiger partial charge in [0.2, 0.25) is 21.8 Å². The van der Waals surface area contributed by atoms with Gasteiger partial charge in [0.15, 0.2) is 5.69 Å². The van der Waals surface area contributed by atoms with Gasteiger partial charge in [0, 0.05) is 56.0 Å². The molecule has 2 saturated heterocycles. The average molecular weight is 546 g/mol.